The van der Waals surface area contributed by atoms with E-state index in [0.717, 1.165) is 5.56 Å². The predicted octanol–water partition coefficient (Wildman–Crippen LogP) is 2.68. The average molecular weight is 361 g/mol. The predicted molar refractivity (Wildman–Crippen MR) is 97.7 cm³/mol. The van der Waals surface area contributed by atoms with Crippen molar-refractivity contribution in [2.45, 2.75) is 31.6 Å². The van der Waals surface area contributed by atoms with Gasteiger partial charge in [-0.25, -0.2) is 13.4 Å². The Morgan fingerprint density at radius 1 is 1.08 bits per heavy atom. The lowest BCUT2D eigenvalue weighted by molar-refractivity contribution is -0.116. The SMILES string of the molecule is CCN(CC)S(=O)(=O)c1ccc(CCC(=O)Nc2ccccn2)cc1. The molecule has 1 aromatic carbocycles. The van der Waals surface area contributed by atoms with Crippen LogP contribution in [0.4, 0.5) is 5.82 Å². The molecule has 1 N–H and O–H groups in total. The Morgan fingerprint density at radius 3 is 2.32 bits per heavy atom. The number of anilines is 1. The largest absolute Gasteiger partial charge is 0.311 e. The summed E-state index contributed by atoms with van der Waals surface area (Å²) in [5.74, 6) is 0.395. The molecule has 0 saturated carbocycles. The van der Waals surface area contributed by atoms with Crippen LogP contribution in [0.1, 0.15) is 25.8 Å². The van der Waals surface area contributed by atoms with Crippen molar-refractivity contribution in [3.05, 3.63) is 54.2 Å². The normalized spacial score (nSPS) is 11.5. The van der Waals surface area contributed by atoms with Gasteiger partial charge in [-0.1, -0.05) is 32.0 Å². The van der Waals surface area contributed by atoms with Gasteiger partial charge in [-0.15, -0.1) is 0 Å². The minimum Gasteiger partial charge on any atom is -0.311 e. The van der Waals surface area contributed by atoms with Gasteiger partial charge in [-0.3, -0.25) is 4.79 Å². The van der Waals surface area contributed by atoms with Crippen LogP contribution in [0.15, 0.2) is 53.6 Å². The Balaban J connectivity index is 1.95. The first-order chi connectivity index (χ1) is 12.0. The van der Waals surface area contributed by atoms with E-state index in [1.807, 2.05) is 13.8 Å². The number of hydrogen-bond donors (Lipinski definition) is 1. The molecule has 6 nitrogen and oxygen atoms in total. The minimum atomic E-state index is -3.44. The van der Waals surface area contributed by atoms with Crippen LogP contribution in [0, 0.1) is 0 Å². The molecule has 25 heavy (non-hydrogen) atoms. The number of rotatable bonds is 8. The number of amides is 1. The number of carbonyl (C=O) groups excluding carboxylic acids is 1. The fourth-order valence-electron chi connectivity index (χ4n) is 2.44. The fraction of sp³-hybridized carbons (Fsp3) is 0.333. The molecule has 0 unspecified atom stereocenters. The number of nitrogens with zero attached hydrogens (tertiary/aromatic N) is 2. The number of benzene rings is 1. The van der Waals surface area contributed by atoms with E-state index in [1.54, 1.807) is 48.7 Å². The van der Waals surface area contributed by atoms with Crippen LogP contribution < -0.4 is 5.32 Å². The van der Waals surface area contributed by atoms with E-state index in [-0.39, 0.29) is 10.8 Å². The van der Waals surface area contributed by atoms with Crippen molar-refractivity contribution in [2.24, 2.45) is 0 Å². The van der Waals surface area contributed by atoms with Gasteiger partial charge in [0.1, 0.15) is 5.82 Å². The monoisotopic (exact) mass is 361 g/mol. The van der Waals surface area contributed by atoms with E-state index in [4.69, 9.17) is 0 Å². The second-order valence-corrected chi connectivity index (χ2v) is 7.43. The highest BCUT2D eigenvalue weighted by molar-refractivity contribution is 7.89. The smallest absolute Gasteiger partial charge is 0.243 e. The van der Waals surface area contributed by atoms with Crippen molar-refractivity contribution in [1.82, 2.24) is 9.29 Å². The Morgan fingerprint density at radius 2 is 1.76 bits per heavy atom. The molecular weight excluding hydrogens is 338 g/mol. The van der Waals surface area contributed by atoms with Crippen molar-refractivity contribution < 1.29 is 13.2 Å². The first-order valence-electron chi connectivity index (χ1n) is 8.27. The quantitative estimate of drug-likeness (QED) is 0.784. The van der Waals surface area contributed by atoms with Crippen LogP contribution in [-0.2, 0) is 21.2 Å². The molecule has 2 rings (SSSR count). The number of hydrogen-bond acceptors (Lipinski definition) is 4. The molecule has 0 radical (unpaired) electrons. The maximum Gasteiger partial charge on any atom is 0.243 e. The summed E-state index contributed by atoms with van der Waals surface area (Å²) < 4.78 is 26.3. The zero-order chi connectivity index (χ0) is 18.3. The Labute approximate surface area is 148 Å². The zero-order valence-corrected chi connectivity index (χ0v) is 15.3. The van der Waals surface area contributed by atoms with E-state index < -0.39 is 10.0 Å². The number of sulfonamides is 1. The maximum atomic E-state index is 12.4. The molecule has 1 heterocycles. The molecule has 0 aliphatic heterocycles. The fourth-order valence-corrected chi connectivity index (χ4v) is 3.90. The Bertz CT molecular complexity index is 786. The maximum absolute atomic E-state index is 12.4. The Hall–Kier alpha value is -2.25. The average Bonchev–Trinajstić information content (AvgIpc) is 2.62. The first-order valence-corrected chi connectivity index (χ1v) is 9.71. The number of nitrogens with one attached hydrogen (secondary N) is 1. The summed E-state index contributed by atoms with van der Waals surface area (Å²) >= 11 is 0. The minimum absolute atomic E-state index is 0.126. The standard InChI is InChI=1S/C18H23N3O3S/c1-3-21(4-2)25(23,24)16-11-8-15(9-12-16)10-13-18(22)20-17-7-5-6-14-19-17/h5-9,11-12,14H,3-4,10,13H2,1-2H3,(H,19,20,22). The van der Waals surface area contributed by atoms with Crippen LogP contribution >= 0.6 is 0 Å². The van der Waals surface area contributed by atoms with E-state index in [2.05, 4.69) is 10.3 Å². The van der Waals surface area contributed by atoms with E-state index in [1.165, 1.54) is 4.31 Å². The van der Waals surface area contributed by atoms with Crippen LogP contribution in [0.3, 0.4) is 0 Å². The van der Waals surface area contributed by atoms with Crippen LogP contribution in [0.5, 0.6) is 0 Å². The highest BCUT2D eigenvalue weighted by atomic mass is 32.2. The van der Waals surface area contributed by atoms with E-state index in [9.17, 15) is 13.2 Å². The van der Waals surface area contributed by atoms with Gasteiger partial charge >= 0.3 is 0 Å². The summed E-state index contributed by atoms with van der Waals surface area (Å²) in [6, 6.07) is 12.0. The molecule has 0 spiro atoms. The topological polar surface area (TPSA) is 79.4 Å². The van der Waals surface area contributed by atoms with Gasteiger partial charge in [0.2, 0.25) is 15.9 Å². The molecule has 0 atom stereocenters. The van der Waals surface area contributed by atoms with Crippen molar-refractivity contribution in [3.63, 3.8) is 0 Å². The third-order valence-corrected chi connectivity index (χ3v) is 5.90. The Kier molecular flexibility index (Phi) is 6.66. The molecule has 0 aliphatic rings. The van der Waals surface area contributed by atoms with Gasteiger partial charge in [0.15, 0.2) is 0 Å². The lowest BCUT2D eigenvalue weighted by atomic mass is 10.1. The molecule has 1 aromatic heterocycles. The van der Waals surface area contributed by atoms with Crippen LogP contribution in [-0.4, -0.2) is 36.7 Å². The molecule has 0 bridgehead atoms. The van der Waals surface area contributed by atoms with E-state index >= 15 is 0 Å². The number of carbonyl (C=O) groups is 1. The third kappa shape index (κ3) is 5.11. The van der Waals surface area contributed by atoms with Gasteiger partial charge in [-0.2, -0.15) is 4.31 Å². The van der Waals surface area contributed by atoms with Crippen molar-refractivity contribution >= 4 is 21.7 Å². The van der Waals surface area contributed by atoms with Gasteiger partial charge in [0.05, 0.1) is 4.90 Å². The van der Waals surface area contributed by atoms with E-state index in [0.29, 0.717) is 31.7 Å². The van der Waals surface area contributed by atoms with Gasteiger partial charge in [0, 0.05) is 25.7 Å². The summed E-state index contributed by atoms with van der Waals surface area (Å²) in [5.41, 5.74) is 0.912. The second kappa shape index (κ2) is 8.73. The summed E-state index contributed by atoms with van der Waals surface area (Å²) in [4.78, 5) is 16.2. The summed E-state index contributed by atoms with van der Waals surface area (Å²) in [6.07, 6.45) is 2.45. The van der Waals surface area contributed by atoms with Gasteiger partial charge in [0.25, 0.3) is 0 Å². The summed E-state index contributed by atoms with van der Waals surface area (Å²) in [6.45, 7) is 4.51. The molecule has 7 heteroatoms. The highest BCUT2D eigenvalue weighted by Gasteiger charge is 2.21. The van der Waals surface area contributed by atoms with Crippen LogP contribution in [0.25, 0.3) is 0 Å². The number of aromatic nitrogens is 1. The van der Waals surface area contributed by atoms with Crippen molar-refractivity contribution in [3.8, 4) is 0 Å². The first kappa shape index (κ1) is 19.1. The van der Waals surface area contributed by atoms with Gasteiger partial charge in [-0.05, 0) is 36.2 Å². The number of pyridine rings is 1. The molecule has 0 aliphatic carbocycles. The third-order valence-electron chi connectivity index (χ3n) is 3.84. The van der Waals surface area contributed by atoms with Crippen LogP contribution in [0.2, 0.25) is 0 Å². The lowest BCUT2D eigenvalue weighted by Gasteiger charge is -2.18. The molecular formula is C18H23N3O3S. The van der Waals surface area contributed by atoms with Crippen molar-refractivity contribution in [1.29, 1.82) is 0 Å². The number of aryl methyl sites for hydroxylation is 1. The summed E-state index contributed by atoms with van der Waals surface area (Å²) in [7, 11) is -3.44. The molecule has 0 fully saturated rings. The molecule has 1 amide bonds. The molecule has 0 saturated heterocycles. The van der Waals surface area contributed by atoms with Gasteiger partial charge < -0.3 is 5.32 Å². The summed E-state index contributed by atoms with van der Waals surface area (Å²) in [5, 5.41) is 2.73. The van der Waals surface area contributed by atoms with Crippen molar-refractivity contribution in [2.75, 3.05) is 18.4 Å². The highest BCUT2D eigenvalue weighted by Crippen LogP contribution is 2.17. The lowest BCUT2D eigenvalue weighted by Crippen LogP contribution is -2.30. The second-order valence-electron chi connectivity index (χ2n) is 5.50. The molecule has 2 aromatic rings. The molecule has 134 valence electrons. The zero-order valence-electron chi connectivity index (χ0n) is 14.5.